The maximum absolute atomic E-state index is 3.61. The molecule has 0 aromatic carbocycles. The molecule has 0 aromatic rings. The molecule has 2 N–H and O–H groups in total. The van der Waals surface area contributed by atoms with E-state index in [0.29, 0.717) is 0 Å². The smallest absolute Gasteiger partial charge is 0.0192 e. The van der Waals surface area contributed by atoms with Gasteiger partial charge in [-0.15, -0.1) is 0 Å². The second kappa shape index (κ2) is 6.68. The third-order valence-corrected chi connectivity index (χ3v) is 3.72. The number of hydrogen-bond acceptors (Lipinski definition) is 3. The molecule has 1 saturated heterocycles. The molecule has 0 bridgehead atoms. The fourth-order valence-corrected chi connectivity index (χ4v) is 1.99. The first kappa shape index (κ1) is 11.3. The Bertz CT molecular complexity index is 124. The van der Waals surface area contributed by atoms with E-state index in [1.165, 1.54) is 32.4 Å². The van der Waals surface area contributed by atoms with Crippen molar-refractivity contribution < 1.29 is 0 Å². The normalized spacial score (nSPS) is 25.8. The zero-order valence-corrected chi connectivity index (χ0v) is 9.62. The first-order valence-corrected chi connectivity index (χ1v) is 6.58. The van der Waals surface area contributed by atoms with Gasteiger partial charge in [-0.1, -0.05) is 6.92 Å². The number of rotatable bonds is 5. The van der Waals surface area contributed by atoms with E-state index in [2.05, 4.69) is 23.8 Å². The van der Waals surface area contributed by atoms with Gasteiger partial charge in [0.1, 0.15) is 0 Å². The molecule has 1 rings (SSSR count). The fraction of sp³-hybridized carbons (Fsp3) is 1.00. The van der Waals surface area contributed by atoms with E-state index in [1.54, 1.807) is 0 Å². The Morgan fingerprint density at radius 2 is 2.46 bits per heavy atom. The average molecular weight is 202 g/mol. The van der Waals surface area contributed by atoms with Crippen LogP contribution in [0, 0.1) is 0 Å². The van der Waals surface area contributed by atoms with Gasteiger partial charge in [0, 0.05) is 17.8 Å². The minimum atomic E-state index is 0.725. The SMILES string of the molecule is CSC(C)CCNC1CCCNC1. The Morgan fingerprint density at radius 1 is 1.62 bits per heavy atom. The van der Waals surface area contributed by atoms with E-state index in [4.69, 9.17) is 0 Å². The van der Waals surface area contributed by atoms with E-state index in [9.17, 15) is 0 Å². The van der Waals surface area contributed by atoms with Crippen molar-refractivity contribution in [3.8, 4) is 0 Å². The van der Waals surface area contributed by atoms with Crippen LogP contribution in [0.5, 0.6) is 0 Å². The molecule has 0 saturated carbocycles. The van der Waals surface area contributed by atoms with Gasteiger partial charge in [0.2, 0.25) is 0 Å². The summed E-state index contributed by atoms with van der Waals surface area (Å²) in [6.07, 6.45) is 6.15. The average Bonchev–Trinajstić information content (AvgIpc) is 2.19. The van der Waals surface area contributed by atoms with Gasteiger partial charge in [-0.3, -0.25) is 0 Å². The van der Waals surface area contributed by atoms with E-state index in [0.717, 1.165) is 17.8 Å². The van der Waals surface area contributed by atoms with Crippen LogP contribution in [-0.2, 0) is 0 Å². The predicted octanol–water partition coefficient (Wildman–Crippen LogP) is 1.47. The molecule has 78 valence electrons. The van der Waals surface area contributed by atoms with Crippen LogP contribution in [0.4, 0.5) is 0 Å². The molecule has 3 heteroatoms. The summed E-state index contributed by atoms with van der Waals surface area (Å²) in [7, 11) is 0. The summed E-state index contributed by atoms with van der Waals surface area (Å²) in [6.45, 7) is 5.84. The molecule has 0 aliphatic carbocycles. The van der Waals surface area contributed by atoms with E-state index in [1.807, 2.05) is 11.8 Å². The van der Waals surface area contributed by atoms with Crippen LogP contribution < -0.4 is 10.6 Å². The maximum Gasteiger partial charge on any atom is 0.0192 e. The summed E-state index contributed by atoms with van der Waals surface area (Å²) < 4.78 is 0. The van der Waals surface area contributed by atoms with Gasteiger partial charge < -0.3 is 10.6 Å². The molecule has 1 aliphatic rings. The largest absolute Gasteiger partial charge is 0.315 e. The van der Waals surface area contributed by atoms with Gasteiger partial charge in [-0.2, -0.15) is 11.8 Å². The van der Waals surface area contributed by atoms with Crippen LogP contribution in [0.3, 0.4) is 0 Å². The van der Waals surface area contributed by atoms with Crippen molar-refractivity contribution in [1.29, 1.82) is 0 Å². The summed E-state index contributed by atoms with van der Waals surface area (Å²) in [4.78, 5) is 0. The Labute approximate surface area is 86.2 Å². The number of hydrogen-bond donors (Lipinski definition) is 2. The summed E-state index contributed by atoms with van der Waals surface area (Å²) in [5.41, 5.74) is 0. The topological polar surface area (TPSA) is 24.1 Å². The van der Waals surface area contributed by atoms with Crippen molar-refractivity contribution >= 4 is 11.8 Å². The van der Waals surface area contributed by atoms with Crippen LogP contribution in [0.1, 0.15) is 26.2 Å². The molecule has 0 radical (unpaired) electrons. The maximum atomic E-state index is 3.61. The predicted molar refractivity (Wildman–Crippen MR) is 61.5 cm³/mol. The van der Waals surface area contributed by atoms with Crippen LogP contribution in [0.25, 0.3) is 0 Å². The van der Waals surface area contributed by atoms with Crippen molar-refractivity contribution in [2.75, 3.05) is 25.9 Å². The summed E-state index contributed by atoms with van der Waals surface area (Å²) >= 11 is 1.96. The lowest BCUT2D eigenvalue weighted by Gasteiger charge is -2.24. The van der Waals surface area contributed by atoms with E-state index >= 15 is 0 Å². The van der Waals surface area contributed by atoms with E-state index < -0.39 is 0 Å². The molecule has 1 fully saturated rings. The molecular formula is C10H22N2S. The lowest BCUT2D eigenvalue weighted by atomic mass is 10.1. The van der Waals surface area contributed by atoms with Gasteiger partial charge >= 0.3 is 0 Å². The molecule has 13 heavy (non-hydrogen) atoms. The minimum absolute atomic E-state index is 0.725. The molecule has 0 spiro atoms. The monoisotopic (exact) mass is 202 g/mol. The van der Waals surface area contributed by atoms with Crippen molar-refractivity contribution in [2.24, 2.45) is 0 Å². The summed E-state index contributed by atoms with van der Waals surface area (Å²) in [6, 6.07) is 0.725. The fourth-order valence-electron chi connectivity index (χ4n) is 1.63. The molecule has 0 aromatic heterocycles. The van der Waals surface area contributed by atoms with Gasteiger partial charge in [0.05, 0.1) is 0 Å². The van der Waals surface area contributed by atoms with E-state index in [-0.39, 0.29) is 0 Å². The standard InChI is InChI=1S/C10H22N2S/c1-9(13-2)5-7-12-10-4-3-6-11-8-10/h9-12H,3-8H2,1-2H3. The first-order chi connectivity index (χ1) is 6.33. The Balaban J connectivity index is 1.98. The first-order valence-electron chi connectivity index (χ1n) is 5.30. The van der Waals surface area contributed by atoms with Crippen LogP contribution in [0.15, 0.2) is 0 Å². The number of piperidine rings is 1. The highest BCUT2D eigenvalue weighted by atomic mass is 32.2. The van der Waals surface area contributed by atoms with Gasteiger partial charge in [-0.05, 0) is 38.6 Å². The Morgan fingerprint density at radius 3 is 3.08 bits per heavy atom. The molecule has 0 amide bonds. The zero-order valence-electron chi connectivity index (χ0n) is 8.81. The highest BCUT2D eigenvalue weighted by Gasteiger charge is 2.11. The van der Waals surface area contributed by atoms with Gasteiger partial charge in [0.25, 0.3) is 0 Å². The second-order valence-corrected chi connectivity index (χ2v) is 5.11. The zero-order chi connectivity index (χ0) is 9.52. The van der Waals surface area contributed by atoms with Gasteiger partial charge in [-0.25, -0.2) is 0 Å². The van der Waals surface area contributed by atoms with Crippen molar-refractivity contribution in [3.63, 3.8) is 0 Å². The summed E-state index contributed by atoms with van der Waals surface area (Å²) in [5.74, 6) is 0. The summed E-state index contributed by atoms with van der Waals surface area (Å²) in [5, 5.41) is 7.83. The second-order valence-electron chi connectivity index (χ2n) is 3.83. The highest BCUT2D eigenvalue weighted by Crippen LogP contribution is 2.09. The minimum Gasteiger partial charge on any atom is -0.315 e. The van der Waals surface area contributed by atoms with Crippen molar-refractivity contribution in [2.45, 2.75) is 37.5 Å². The molecule has 2 atom stereocenters. The molecular weight excluding hydrogens is 180 g/mol. The lowest BCUT2D eigenvalue weighted by Crippen LogP contribution is -2.43. The molecule has 1 heterocycles. The van der Waals surface area contributed by atoms with Crippen molar-refractivity contribution in [3.05, 3.63) is 0 Å². The van der Waals surface area contributed by atoms with Crippen molar-refractivity contribution in [1.82, 2.24) is 10.6 Å². The van der Waals surface area contributed by atoms with Crippen LogP contribution in [-0.4, -0.2) is 37.2 Å². The van der Waals surface area contributed by atoms with Gasteiger partial charge in [0.15, 0.2) is 0 Å². The third-order valence-electron chi connectivity index (χ3n) is 2.68. The van der Waals surface area contributed by atoms with Crippen LogP contribution in [0.2, 0.25) is 0 Å². The Hall–Kier alpha value is 0.270. The molecule has 2 nitrogen and oxygen atoms in total. The third kappa shape index (κ3) is 4.89. The molecule has 2 unspecified atom stereocenters. The number of nitrogens with one attached hydrogen (secondary N) is 2. The highest BCUT2D eigenvalue weighted by molar-refractivity contribution is 7.99. The molecule has 1 aliphatic heterocycles. The Kier molecular flexibility index (Phi) is 5.83. The van der Waals surface area contributed by atoms with Crippen LogP contribution >= 0.6 is 11.8 Å². The lowest BCUT2D eigenvalue weighted by molar-refractivity contribution is 0.389. The number of thioether (sulfide) groups is 1. The quantitative estimate of drug-likeness (QED) is 0.706.